The summed E-state index contributed by atoms with van der Waals surface area (Å²) in [5.74, 6) is -0.0640. The fourth-order valence-electron chi connectivity index (χ4n) is 1.33. The molecule has 0 aromatic carbocycles. The van der Waals surface area contributed by atoms with E-state index in [0.717, 1.165) is 0 Å². The molecule has 1 rings (SSSR count). The maximum absolute atomic E-state index is 11.1. The second-order valence-corrected chi connectivity index (χ2v) is 5.48. The Labute approximate surface area is 83.3 Å². The molecule has 1 fully saturated rings. The average Bonchev–Trinajstić information content (AvgIpc) is 2.42. The van der Waals surface area contributed by atoms with Crippen LogP contribution in [0.4, 0.5) is 0 Å². The Balaban J connectivity index is 2.40. The Morgan fingerprint density at radius 3 is 2.79 bits per heavy atom. The Morgan fingerprint density at radius 2 is 2.29 bits per heavy atom. The third-order valence-corrected chi connectivity index (χ3v) is 3.75. The van der Waals surface area contributed by atoms with Crippen LogP contribution >= 0.6 is 0 Å². The number of nitrogens with one attached hydrogen (secondary N) is 1. The molecule has 1 heterocycles. The average molecular weight is 218 g/mol. The van der Waals surface area contributed by atoms with E-state index in [0.29, 0.717) is 13.0 Å². The zero-order valence-corrected chi connectivity index (χ0v) is 8.59. The molecule has 1 atom stereocenters. The van der Waals surface area contributed by atoms with Crippen LogP contribution in [0.25, 0.3) is 0 Å². The molecule has 0 saturated carbocycles. The molecule has 0 aromatic heterocycles. The molecule has 1 amide bonds. The van der Waals surface area contributed by atoms with Crippen LogP contribution in [0.3, 0.4) is 0 Å². The molecule has 80 valence electrons. The highest BCUT2D eigenvalue weighted by Crippen LogP contribution is 2.10. The van der Waals surface area contributed by atoms with E-state index in [2.05, 4.69) is 5.32 Å². The van der Waals surface area contributed by atoms with E-state index in [9.17, 15) is 13.2 Å². The fraction of sp³-hybridized carbons (Fsp3) is 0.625. The van der Waals surface area contributed by atoms with Gasteiger partial charge in [-0.05, 0) is 6.42 Å². The minimum atomic E-state index is -2.93. The van der Waals surface area contributed by atoms with Gasteiger partial charge in [-0.25, -0.2) is 8.42 Å². The smallest absolute Gasteiger partial charge is 0.243 e. The first-order chi connectivity index (χ1) is 6.53. The SMILES string of the molecule is NC/C=C/C(=O)NC1CCS(=O)(=O)C1. The van der Waals surface area contributed by atoms with Gasteiger partial charge in [-0.3, -0.25) is 4.79 Å². The molecule has 0 spiro atoms. The molecule has 0 radical (unpaired) electrons. The predicted octanol–water partition coefficient (Wildman–Crippen LogP) is -1.20. The van der Waals surface area contributed by atoms with E-state index in [1.807, 2.05) is 0 Å². The van der Waals surface area contributed by atoms with Crippen molar-refractivity contribution in [3.05, 3.63) is 12.2 Å². The Morgan fingerprint density at radius 1 is 1.57 bits per heavy atom. The normalized spacial score (nSPS) is 25.4. The van der Waals surface area contributed by atoms with Crippen molar-refractivity contribution in [2.45, 2.75) is 12.5 Å². The lowest BCUT2D eigenvalue weighted by Gasteiger charge is -2.07. The number of sulfone groups is 1. The molecular weight excluding hydrogens is 204 g/mol. The molecular formula is C8H14N2O3S. The van der Waals surface area contributed by atoms with Gasteiger partial charge >= 0.3 is 0 Å². The lowest BCUT2D eigenvalue weighted by atomic mass is 10.2. The van der Waals surface area contributed by atoms with Crippen molar-refractivity contribution >= 4 is 15.7 Å². The highest BCUT2D eigenvalue weighted by atomic mass is 32.2. The van der Waals surface area contributed by atoms with Crippen molar-refractivity contribution in [1.29, 1.82) is 0 Å². The van der Waals surface area contributed by atoms with Crippen LogP contribution in [-0.4, -0.2) is 38.4 Å². The topological polar surface area (TPSA) is 89.3 Å². The van der Waals surface area contributed by atoms with Crippen LogP contribution in [0.2, 0.25) is 0 Å². The van der Waals surface area contributed by atoms with Gasteiger partial charge in [0.25, 0.3) is 0 Å². The van der Waals surface area contributed by atoms with E-state index < -0.39 is 9.84 Å². The second-order valence-electron chi connectivity index (χ2n) is 3.25. The van der Waals surface area contributed by atoms with Gasteiger partial charge in [-0.15, -0.1) is 0 Å². The highest BCUT2D eigenvalue weighted by molar-refractivity contribution is 7.91. The molecule has 0 aromatic rings. The third-order valence-electron chi connectivity index (χ3n) is 1.98. The molecule has 14 heavy (non-hydrogen) atoms. The van der Waals surface area contributed by atoms with Gasteiger partial charge in [0, 0.05) is 18.7 Å². The van der Waals surface area contributed by atoms with E-state index in [1.165, 1.54) is 12.2 Å². The van der Waals surface area contributed by atoms with Gasteiger partial charge in [0.05, 0.1) is 11.5 Å². The first-order valence-corrected chi connectivity index (χ1v) is 6.23. The molecule has 3 N–H and O–H groups in total. The minimum absolute atomic E-state index is 0.0508. The number of amides is 1. The number of carbonyl (C=O) groups excluding carboxylic acids is 1. The van der Waals surface area contributed by atoms with Gasteiger partial charge in [0.1, 0.15) is 0 Å². The van der Waals surface area contributed by atoms with Crippen molar-refractivity contribution in [1.82, 2.24) is 5.32 Å². The molecule has 0 aliphatic carbocycles. The maximum Gasteiger partial charge on any atom is 0.243 e. The number of hydrogen-bond acceptors (Lipinski definition) is 4. The highest BCUT2D eigenvalue weighted by Gasteiger charge is 2.28. The Hall–Kier alpha value is -0.880. The Bertz CT molecular complexity index is 334. The molecule has 1 aliphatic rings. The zero-order valence-electron chi connectivity index (χ0n) is 7.77. The number of carbonyl (C=O) groups is 1. The lowest BCUT2D eigenvalue weighted by molar-refractivity contribution is -0.117. The number of hydrogen-bond donors (Lipinski definition) is 2. The summed E-state index contributed by atoms with van der Waals surface area (Å²) in [6.07, 6.45) is 3.36. The molecule has 1 aliphatic heterocycles. The van der Waals surface area contributed by atoms with Crippen LogP contribution < -0.4 is 11.1 Å². The summed E-state index contributed by atoms with van der Waals surface area (Å²) >= 11 is 0. The summed E-state index contributed by atoms with van der Waals surface area (Å²) in [6.45, 7) is 0.302. The van der Waals surface area contributed by atoms with Gasteiger partial charge in [0.15, 0.2) is 9.84 Å². The van der Waals surface area contributed by atoms with Crippen LogP contribution in [-0.2, 0) is 14.6 Å². The van der Waals surface area contributed by atoms with Crippen LogP contribution in [0.1, 0.15) is 6.42 Å². The zero-order chi connectivity index (χ0) is 10.6. The standard InChI is InChI=1S/C8H14N2O3S/c9-4-1-2-8(11)10-7-3-5-14(12,13)6-7/h1-2,7H,3-6,9H2,(H,10,11)/b2-1+. The second kappa shape index (κ2) is 4.56. The number of nitrogens with two attached hydrogens (primary N) is 1. The van der Waals surface area contributed by atoms with Crippen molar-refractivity contribution < 1.29 is 13.2 Å². The van der Waals surface area contributed by atoms with Gasteiger partial charge < -0.3 is 11.1 Å². The fourth-order valence-corrected chi connectivity index (χ4v) is 3.01. The van der Waals surface area contributed by atoms with Crippen molar-refractivity contribution in [3.8, 4) is 0 Å². The van der Waals surface area contributed by atoms with Crippen LogP contribution in [0, 0.1) is 0 Å². The summed E-state index contributed by atoms with van der Waals surface area (Å²) in [5.41, 5.74) is 5.17. The van der Waals surface area contributed by atoms with Crippen molar-refractivity contribution in [3.63, 3.8) is 0 Å². The van der Waals surface area contributed by atoms with E-state index >= 15 is 0 Å². The summed E-state index contributed by atoms with van der Waals surface area (Å²) in [6, 6.07) is -0.241. The van der Waals surface area contributed by atoms with Crippen LogP contribution in [0.15, 0.2) is 12.2 Å². The molecule has 1 unspecified atom stereocenters. The lowest BCUT2D eigenvalue weighted by Crippen LogP contribution is -2.34. The quantitative estimate of drug-likeness (QED) is 0.583. The molecule has 1 saturated heterocycles. The summed E-state index contributed by atoms with van der Waals surface area (Å²) in [5, 5.41) is 2.61. The predicted molar refractivity (Wildman–Crippen MR) is 53.4 cm³/mol. The monoisotopic (exact) mass is 218 g/mol. The van der Waals surface area contributed by atoms with Gasteiger partial charge in [0.2, 0.25) is 5.91 Å². The van der Waals surface area contributed by atoms with E-state index in [-0.39, 0.29) is 23.5 Å². The molecule has 6 heteroatoms. The Kier molecular flexibility index (Phi) is 3.65. The molecule has 5 nitrogen and oxygen atoms in total. The van der Waals surface area contributed by atoms with Gasteiger partial charge in [-0.2, -0.15) is 0 Å². The molecule has 0 bridgehead atoms. The van der Waals surface area contributed by atoms with E-state index in [1.54, 1.807) is 0 Å². The minimum Gasteiger partial charge on any atom is -0.349 e. The van der Waals surface area contributed by atoms with E-state index in [4.69, 9.17) is 5.73 Å². The largest absolute Gasteiger partial charge is 0.349 e. The summed E-state index contributed by atoms with van der Waals surface area (Å²) < 4.78 is 22.1. The number of rotatable bonds is 3. The summed E-state index contributed by atoms with van der Waals surface area (Å²) in [4.78, 5) is 11.1. The van der Waals surface area contributed by atoms with Gasteiger partial charge in [-0.1, -0.05) is 6.08 Å². The first-order valence-electron chi connectivity index (χ1n) is 4.41. The van der Waals surface area contributed by atoms with Crippen molar-refractivity contribution in [2.75, 3.05) is 18.1 Å². The van der Waals surface area contributed by atoms with Crippen molar-refractivity contribution in [2.24, 2.45) is 5.73 Å². The first kappa shape index (κ1) is 11.2. The summed E-state index contributed by atoms with van der Waals surface area (Å²) in [7, 11) is -2.93. The van der Waals surface area contributed by atoms with Crippen LogP contribution in [0.5, 0.6) is 0 Å². The maximum atomic E-state index is 11.1. The third kappa shape index (κ3) is 3.47.